The molecule has 0 aliphatic heterocycles. The second-order valence-electron chi connectivity index (χ2n) is 3.30. The summed E-state index contributed by atoms with van der Waals surface area (Å²) in [5.41, 5.74) is 0.667. The van der Waals surface area contributed by atoms with Crippen molar-refractivity contribution >= 4 is 40.2 Å². The van der Waals surface area contributed by atoms with E-state index in [1.54, 1.807) is 17.4 Å². The predicted molar refractivity (Wildman–Crippen MR) is 70.9 cm³/mol. The molecule has 0 unspecified atom stereocenters. The monoisotopic (exact) mass is 288 g/mol. The number of rotatable bonds is 4. The third-order valence-corrected chi connectivity index (χ3v) is 3.70. The first-order valence-electron chi connectivity index (χ1n) is 5.05. The smallest absolute Gasteiger partial charge is 0.174 e. The quantitative estimate of drug-likeness (QED) is 0.937. The molecule has 0 amide bonds. The van der Waals surface area contributed by atoms with Crippen LogP contribution in [0.1, 0.15) is 16.8 Å². The number of hydrogen-bond acceptors (Lipinski definition) is 5. The fourth-order valence-corrected chi connectivity index (χ4v) is 2.35. The van der Waals surface area contributed by atoms with Crippen LogP contribution < -0.4 is 5.32 Å². The zero-order valence-corrected chi connectivity index (χ0v) is 11.4. The van der Waals surface area contributed by atoms with E-state index in [0.717, 1.165) is 11.4 Å². The third-order valence-electron chi connectivity index (χ3n) is 2.10. The Morgan fingerprint density at radius 1 is 1.35 bits per heavy atom. The van der Waals surface area contributed by atoms with Crippen LogP contribution in [0.3, 0.4) is 0 Å². The van der Waals surface area contributed by atoms with E-state index in [4.69, 9.17) is 23.2 Å². The molecule has 2 rings (SSSR count). The number of anilines is 1. The molecule has 2 aromatic heterocycles. The Kier molecular flexibility index (Phi) is 4.15. The lowest BCUT2D eigenvalue weighted by molar-refractivity contribution is 1.02. The Bertz CT molecular complexity index is 515. The van der Waals surface area contributed by atoms with Gasteiger partial charge < -0.3 is 5.32 Å². The van der Waals surface area contributed by atoms with E-state index >= 15 is 0 Å². The van der Waals surface area contributed by atoms with E-state index in [-0.39, 0.29) is 0 Å². The molecule has 2 aromatic rings. The van der Waals surface area contributed by atoms with Gasteiger partial charge in [0.25, 0.3) is 0 Å². The Morgan fingerprint density at radius 3 is 2.88 bits per heavy atom. The van der Waals surface area contributed by atoms with E-state index in [2.05, 4.69) is 27.4 Å². The van der Waals surface area contributed by atoms with Crippen LogP contribution in [0.4, 0.5) is 5.69 Å². The number of aromatic nitrogens is 3. The Balaban J connectivity index is 2.04. The van der Waals surface area contributed by atoms with Crippen molar-refractivity contribution in [2.24, 2.45) is 0 Å². The lowest BCUT2D eigenvalue weighted by atomic mass is 10.4. The maximum Gasteiger partial charge on any atom is 0.174 e. The minimum Gasteiger partial charge on any atom is -0.376 e. The van der Waals surface area contributed by atoms with Crippen molar-refractivity contribution < 1.29 is 0 Å². The maximum atomic E-state index is 5.88. The molecule has 0 atom stereocenters. The molecule has 0 spiro atoms. The summed E-state index contributed by atoms with van der Waals surface area (Å²) >= 11 is 13.3. The van der Waals surface area contributed by atoms with Gasteiger partial charge in [0.05, 0.1) is 12.2 Å². The Morgan fingerprint density at radius 2 is 2.18 bits per heavy atom. The third kappa shape index (κ3) is 3.28. The van der Waals surface area contributed by atoms with Crippen LogP contribution in [0, 0.1) is 0 Å². The van der Waals surface area contributed by atoms with Gasteiger partial charge in [-0.2, -0.15) is 0 Å². The van der Waals surface area contributed by atoms with Gasteiger partial charge in [-0.25, -0.2) is 4.98 Å². The fourth-order valence-electron chi connectivity index (χ4n) is 1.24. The van der Waals surface area contributed by atoms with Crippen LogP contribution in [0.2, 0.25) is 10.3 Å². The van der Waals surface area contributed by atoms with E-state index in [1.807, 2.05) is 6.20 Å². The molecular formula is C10H10Cl2N4S. The minimum absolute atomic E-state index is 0.307. The van der Waals surface area contributed by atoms with Crippen molar-refractivity contribution in [2.45, 2.75) is 19.9 Å². The number of nitrogens with zero attached hydrogens (tertiary/aromatic N) is 3. The van der Waals surface area contributed by atoms with Gasteiger partial charge >= 0.3 is 0 Å². The van der Waals surface area contributed by atoms with Crippen LogP contribution in [-0.2, 0) is 13.0 Å². The first kappa shape index (κ1) is 12.5. The average Bonchev–Trinajstić information content (AvgIpc) is 2.78. The molecular weight excluding hydrogens is 279 g/mol. The highest BCUT2D eigenvalue weighted by atomic mass is 35.5. The molecule has 2 heterocycles. The van der Waals surface area contributed by atoms with Gasteiger partial charge in [-0.3, -0.25) is 0 Å². The summed E-state index contributed by atoms with van der Waals surface area (Å²) in [5.74, 6) is 0. The lowest BCUT2D eigenvalue weighted by Crippen LogP contribution is -2.01. The summed E-state index contributed by atoms with van der Waals surface area (Å²) in [4.78, 5) is 5.56. The number of halogens is 2. The number of thiazole rings is 1. The highest BCUT2D eigenvalue weighted by Crippen LogP contribution is 2.22. The molecule has 1 N–H and O–H groups in total. The molecule has 0 aliphatic rings. The van der Waals surface area contributed by atoms with Gasteiger partial charge in [-0.15, -0.1) is 21.5 Å². The van der Waals surface area contributed by atoms with E-state index in [0.29, 0.717) is 22.5 Å². The van der Waals surface area contributed by atoms with Crippen LogP contribution in [-0.4, -0.2) is 15.2 Å². The summed E-state index contributed by atoms with van der Waals surface area (Å²) in [6, 6.07) is 1.64. The average molecular weight is 289 g/mol. The molecule has 90 valence electrons. The van der Waals surface area contributed by atoms with Gasteiger partial charge in [-0.1, -0.05) is 30.1 Å². The fraction of sp³-hybridized carbons (Fsp3) is 0.300. The highest BCUT2D eigenvalue weighted by Gasteiger charge is 2.05. The van der Waals surface area contributed by atoms with Gasteiger partial charge in [0, 0.05) is 17.1 Å². The standard InChI is InChI=1S/C10H10Cl2N4S/c1-2-6-4-14-9(17-6)5-13-7-3-8(11)15-16-10(7)12/h3-4H,2,5H2,1H3,(H,13,15). The van der Waals surface area contributed by atoms with Crippen molar-refractivity contribution in [3.8, 4) is 0 Å². The maximum absolute atomic E-state index is 5.88. The largest absolute Gasteiger partial charge is 0.376 e. The summed E-state index contributed by atoms with van der Waals surface area (Å²) < 4.78 is 0. The molecule has 0 fully saturated rings. The van der Waals surface area contributed by atoms with Crippen LogP contribution >= 0.6 is 34.5 Å². The molecule has 0 saturated carbocycles. The van der Waals surface area contributed by atoms with Crippen molar-refractivity contribution in [1.82, 2.24) is 15.2 Å². The summed E-state index contributed by atoms with van der Waals surface area (Å²) in [6.45, 7) is 2.71. The number of hydrogen-bond donors (Lipinski definition) is 1. The van der Waals surface area contributed by atoms with Gasteiger partial charge in [0.15, 0.2) is 10.3 Å². The zero-order chi connectivity index (χ0) is 12.3. The number of aryl methyl sites for hydroxylation is 1. The second-order valence-corrected chi connectivity index (χ2v) is 5.24. The van der Waals surface area contributed by atoms with E-state index in [1.165, 1.54) is 4.88 Å². The molecule has 0 aliphatic carbocycles. The zero-order valence-electron chi connectivity index (χ0n) is 9.07. The summed E-state index contributed by atoms with van der Waals surface area (Å²) in [5, 5.41) is 12.1. The molecule has 0 aromatic carbocycles. The normalized spacial score (nSPS) is 10.5. The van der Waals surface area contributed by atoms with Crippen molar-refractivity contribution in [1.29, 1.82) is 0 Å². The molecule has 7 heteroatoms. The molecule has 0 saturated heterocycles. The van der Waals surface area contributed by atoms with Crippen LogP contribution in [0.25, 0.3) is 0 Å². The van der Waals surface area contributed by atoms with Crippen LogP contribution in [0.15, 0.2) is 12.3 Å². The van der Waals surface area contributed by atoms with E-state index in [9.17, 15) is 0 Å². The lowest BCUT2D eigenvalue weighted by Gasteiger charge is -2.05. The van der Waals surface area contributed by atoms with Crippen LogP contribution in [0.5, 0.6) is 0 Å². The Labute approximate surface area is 113 Å². The highest BCUT2D eigenvalue weighted by molar-refractivity contribution is 7.11. The summed E-state index contributed by atoms with van der Waals surface area (Å²) in [7, 11) is 0. The summed E-state index contributed by atoms with van der Waals surface area (Å²) in [6.07, 6.45) is 2.89. The van der Waals surface area contributed by atoms with Gasteiger partial charge in [0.2, 0.25) is 0 Å². The number of nitrogens with one attached hydrogen (secondary N) is 1. The van der Waals surface area contributed by atoms with Gasteiger partial charge in [0.1, 0.15) is 5.01 Å². The Hall–Kier alpha value is -0.910. The molecule has 0 bridgehead atoms. The second kappa shape index (κ2) is 5.62. The van der Waals surface area contributed by atoms with E-state index < -0.39 is 0 Å². The van der Waals surface area contributed by atoms with Crippen molar-refractivity contribution in [2.75, 3.05) is 5.32 Å². The first-order valence-corrected chi connectivity index (χ1v) is 6.62. The van der Waals surface area contributed by atoms with Crippen molar-refractivity contribution in [3.05, 3.63) is 32.5 Å². The molecule has 17 heavy (non-hydrogen) atoms. The topological polar surface area (TPSA) is 50.7 Å². The van der Waals surface area contributed by atoms with Crippen molar-refractivity contribution in [3.63, 3.8) is 0 Å². The predicted octanol–water partition coefficient (Wildman–Crippen LogP) is 3.41. The molecule has 0 radical (unpaired) electrons. The minimum atomic E-state index is 0.307. The molecule has 4 nitrogen and oxygen atoms in total. The first-order chi connectivity index (χ1) is 8.19. The van der Waals surface area contributed by atoms with Gasteiger partial charge in [-0.05, 0) is 6.42 Å². The SMILES string of the molecule is CCc1cnc(CNc2cc(Cl)nnc2Cl)s1.